The van der Waals surface area contributed by atoms with Crippen LogP contribution in [0.4, 0.5) is 5.13 Å². The van der Waals surface area contributed by atoms with E-state index in [1.165, 1.54) is 17.4 Å². The van der Waals surface area contributed by atoms with Gasteiger partial charge in [0.15, 0.2) is 5.13 Å². The van der Waals surface area contributed by atoms with E-state index in [1.54, 1.807) is 24.3 Å². The first-order chi connectivity index (χ1) is 10.6. The molecule has 0 fully saturated rings. The minimum Gasteiger partial charge on any atom is -0.298 e. The number of hydrogen-bond donors (Lipinski definition) is 1. The molecule has 0 aliphatic carbocycles. The van der Waals surface area contributed by atoms with E-state index >= 15 is 0 Å². The Bertz CT molecular complexity index is 873. The molecule has 1 N–H and O–H groups in total. The molecule has 0 atom stereocenters. The van der Waals surface area contributed by atoms with E-state index in [0.717, 1.165) is 15.8 Å². The van der Waals surface area contributed by atoms with Crippen LogP contribution in [-0.2, 0) is 4.79 Å². The second-order valence-corrected chi connectivity index (χ2v) is 6.41. The predicted octanol–water partition coefficient (Wildman–Crippen LogP) is 5.26. The Labute approximate surface area is 141 Å². The van der Waals surface area contributed by atoms with Crippen molar-refractivity contribution in [2.75, 3.05) is 5.32 Å². The lowest BCUT2D eigenvalue weighted by molar-refractivity contribution is -0.111. The van der Waals surface area contributed by atoms with E-state index in [4.69, 9.17) is 23.2 Å². The zero-order valence-corrected chi connectivity index (χ0v) is 13.5. The number of carbonyl (C=O) groups is 1. The average molecular weight is 349 g/mol. The van der Waals surface area contributed by atoms with E-state index in [-0.39, 0.29) is 5.91 Å². The number of nitrogens with one attached hydrogen (secondary N) is 1. The predicted molar refractivity (Wildman–Crippen MR) is 93.7 cm³/mol. The standard InChI is InChI=1S/C16H10Cl2N2OS/c17-11-3-1-2-10(8-11)4-7-15(21)20-16-19-13-6-5-12(18)9-14(13)22-16/h1-9H,(H,19,20,21)/b7-4+. The largest absolute Gasteiger partial charge is 0.298 e. The van der Waals surface area contributed by atoms with Crippen molar-refractivity contribution in [2.45, 2.75) is 0 Å². The second-order valence-electron chi connectivity index (χ2n) is 4.51. The molecule has 0 unspecified atom stereocenters. The van der Waals surface area contributed by atoms with Crippen LogP contribution in [0.3, 0.4) is 0 Å². The summed E-state index contributed by atoms with van der Waals surface area (Å²) >= 11 is 13.2. The Hall–Kier alpha value is -1.88. The highest BCUT2D eigenvalue weighted by Crippen LogP contribution is 2.28. The molecule has 0 saturated heterocycles. The Morgan fingerprint density at radius 3 is 2.77 bits per heavy atom. The second kappa shape index (κ2) is 6.48. The van der Waals surface area contributed by atoms with Crippen LogP contribution in [0, 0.1) is 0 Å². The van der Waals surface area contributed by atoms with Gasteiger partial charge in [0, 0.05) is 16.1 Å². The molecule has 0 radical (unpaired) electrons. The molecule has 110 valence electrons. The number of thiazole rings is 1. The number of fused-ring (bicyclic) bond motifs is 1. The molecule has 0 aliphatic rings. The normalized spacial score (nSPS) is 11.2. The van der Waals surface area contributed by atoms with Crippen LogP contribution in [0.5, 0.6) is 0 Å². The summed E-state index contributed by atoms with van der Waals surface area (Å²) in [6.45, 7) is 0. The van der Waals surface area contributed by atoms with E-state index in [9.17, 15) is 4.79 Å². The summed E-state index contributed by atoms with van der Waals surface area (Å²) < 4.78 is 0.932. The van der Waals surface area contributed by atoms with Gasteiger partial charge in [-0.15, -0.1) is 0 Å². The SMILES string of the molecule is O=C(/C=C/c1cccc(Cl)c1)Nc1nc2ccc(Cl)cc2s1. The van der Waals surface area contributed by atoms with Gasteiger partial charge in [-0.3, -0.25) is 10.1 Å². The molecule has 3 nitrogen and oxygen atoms in total. The molecule has 6 heteroatoms. The zero-order valence-electron chi connectivity index (χ0n) is 11.2. The molecular weight excluding hydrogens is 339 g/mol. The Balaban J connectivity index is 1.72. The number of amides is 1. The van der Waals surface area contributed by atoms with E-state index in [0.29, 0.717) is 15.2 Å². The van der Waals surface area contributed by atoms with Crippen LogP contribution < -0.4 is 5.32 Å². The van der Waals surface area contributed by atoms with Crippen LogP contribution in [0.15, 0.2) is 48.5 Å². The lowest BCUT2D eigenvalue weighted by Gasteiger charge is -1.96. The van der Waals surface area contributed by atoms with Crippen molar-refractivity contribution in [3.8, 4) is 0 Å². The lowest BCUT2D eigenvalue weighted by Crippen LogP contribution is -2.07. The number of halogens is 2. The fraction of sp³-hybridized carbons (Fsp3) is 0. The van der Waals surface area contributed by atoms with Crippen molar-refractivity contribution < 1.29 is 4.79 Å². The van der Waals surface area contributed by atoms with Crippen LogP contribution in [-0.4, -0.2) is 10.9 Å². The minimum absolute atomic E-state index is 0.245. The van der Waals surface area contributed by atoms with Crippen LogP contribution in [0.25, 0.3) is 16.3 Å². The van der Waals surface area contributed by atoms with Gasteiger partial charge in [0.05, 0.1) is 10.2 Å². The third-order valence-corrected chi connectivity index (χ3v) is 4.26. The minimum atomic E-state index is -0.245. The third-order valence-electron chi connectivity index (χ3n) is 2.86. The molecular formula is C16H10Cl2N2OS. The highest BCUT2D eigenvalue weighted by Gasteiger charge is 2.06. The van der Waals surface area contributed by atoms with Crippen molar-refractivity contribution in [3.05, 3.63) is 64.1 Å². The maximum Gasteiger partial charge on any atom is 0.250 e. The van der Waals surface area contributed by atoms with E-state index < -0.39 is 0 Å². The van der Waals surface area contributed by atoms with Gasteiger partial charge in [0.2, 0.25) is 5.91 Å². The molecule has 1 heterocycles. The molecule has 0 saturated carbocycles. The first-order valence-electron chi connectivity index (χ1n) is 6.41. The molecule has 1 aromatic heterocycles. The Morgan fingerprint density at radius 1 is 1.14 bits per heavy atom. The summed E-state index contributed by atoms with van der Waals surface area (Å²) in [5, 5.41) is 4.56. The van der Waals surface area contributed by atoms with Gasteiger partial charge in [-0.1, -0.05) is 46.7 Å². The average Bonchev–Trinajstić information content (AvgIpc) is 2.86. The molecule has 0 spiro atoms. The number of carbonyl (C=O) groups excluding carboxylic acids is 1. The molecule has 0 aliphatic heterocycles. The summed E-state index contributed by atoms with van der Waals surface area (Å²) in [7, 11) is 0. The molecule has 0 bridgehead atoms. The number of benzene rings is 2. The van der Waals surface area contributed by atoms with Gasteiger partial charge in [0.1, 0.15) is 0 Å². The first kappa shape index (κ1) is 15.0. The highest BCUT2D eigenvalue weighted by atomic mass is 35.5. The van der Waals surface area contributed by atoms with Crippen LogP contribution in [0.2, 0.25) is 10.0 Å². The van der Waals surface area contributed by atoms with Gasteiger partial charge in [-0.05, 0) is 42.0 Å². The van der Waals surface area contributed by atoms with E-state index in [1.807, 2.05) is 24.3 Å². The van der Waals surface area contributed by atoms with E-state index in [2.05, 4.69) is 10.3 Å². The van der Waals surface area contributed by atoms with Gasteiger partial charge in [-0.2, -0.15) is 0 Å². The Kier molecular flexibility index (Phi) is 4.43. The number of rotatable bonds is 3. The molecule has 3 rings (SSSR count). The van der Waals surface area contributed by atoms with Crippen molar-refractivity contribution >= 4 is 61.9 Å². The molecule has 3 aromatic rings. The molecule has 1 amide bonds. The topological polar surface area (TPSA) is 42.0 Å². The lowest BCUT2D eigenvalue weighted by atomic mass is 10.2. The van der Waals surface area contributed by atoms with Crippen molar-refractivity contribution in [2.24, 2.45) is 0 Å². The van der Waals surface area contributed by atoms with Crippen molar-refractivity contribution in [1.29, 1.82) is 0 Å². The number of anilines is 1. The summed E-state index contributed by atoms with van der Waals surface area (Å²) in [5.41, 5.74) is 1.67. The smallest absolute Gasteiger partial charge is 0.250 e. The maximum absolute atomic E-state index is 11.9. The van der Waals surface area contributed by atoms with Gasteiger partial charge < -0.3 is 0 Å². The first-order valence-corrected chi connectivity index (χ1v) is 7.98. The summed E-state index contributed by atoms with van der Waals surface area (Å²) in [4.78, 5) is 16.3. The van der Waals surface area contributed by atoms with Gasteiger partial charge in [0.25, 0.3) is 0 Å². The summed E-state index contributed by atoms with van der Waals surface area (Å²) in [6.07, 6.45) is 3.15. The quantitative estimate of drug-likeness (QED) is 0.656. The van der Waals surface area contributed by atoms with Crippen molar-refractivity contribution in [1.82, 2.24) is 4.98 Å². The number of nitrogens with zero attached hydrogens (tertiary/aromatic N) is 1. The summed E-state index contributed by atoms with van der Waals surface area (Å²) in [6, 6.07) is 12.7. The Morgan fingerprint density at radius 2 is 1.95 bits per heavy atom. The number of hydrogen-bond acceptors (Lipinski definition) is 3. The van der Waals surface area contributed by atoms with Crippen molar-refractivity contribution in [3.63, 3.8) is 0 Å². The van der Waals surface area contributed by atoms with Gasteiger partial charge in [-0.25, -0.2) is 4.98 Å². The number of aromatic nitrogens is 1. The molecule has 2 aromatic carbocycles. The third kappa shape index (κ3) is 3.65. The van der Waals surface area contributed by atoms with Gasteiger partial charge >= 0.3 is 0 Å². The highest BCUT2D eigenvalue weighted by molar-refractivity contribution is 7.22. The zero-order chi connectivity index (χ0) is 15.5. The molecule has 22 heavy (non-hydrogen) atoms. The van der Waals surface area contributed by atoms with Crippen LogP contribution in [0.1, 0.15) is 5.56 Å². The summed E-state index contributed by atoms with van der Waals surface area (Å²) in [5.74, 6) is -0.245. The fourth-order valence-electron chi connectivity index (χ4n) is 1.88. The maximum atomic E-state index is 11.9. The van der Waals surface area contributed by atoms with Crippen LogP contribution >= 0.6 is 34.5 Å². The fourth-order valence-corrected chi connectivity index (χ4v) is 3.22. The monoisotopic (exact) mass is 348 g/mol.